The fraction of sp³-hybridized carbons (Fsp3) is 0.417. The summed E-state index contributed by atoms with van der Waals surface area (Å²) in [5.41, 5.74) is 6.29. The first-order chi connectivity index (χ1) is 8.49. The Morgan fingerprint density at radius 1 is 1.44 bits per heavy atom. The minimum atomic E-state index is -0.163. The van der Waals surface area contributed by atoms with Gasteiger partial charge in [-0.2, -0.15) is 0 Å². The van der Waals surface area contributed by atoms with Gasteiger partial charge in [0.25, 0.3) is 0 Å². The van der Waals surface area contributed by atoms with E-state index in [-0.39, 0.29) is 11.8 Å². The summed E-state index contributed by atoms with van der Waals surface area (Å²) in [5, 5.41) is 3.46. The third kappa shape index (κ3) is 4.23. The standard InChI is InChI=1S/C12H15Br2ClN2O/c1-2-3-7(6-16)12(18)17-11-9(13)4-8(15)5-10(11)14/h4-5,7H,2-3,6,16H2,1H3,(H,17,18). The molecule has 1 atom stereocenters. The number of rotatable bonds is 5. The number of amides is 1. The van der Waals surface area contributed by atoms with E-state index < -0.39 is 0 Å². The van der Waals surface area contributed by atoms with Gasteiger partial charge in [-0.1, -0.05) is 24.9 Å². The molecule has 1 rings (SSSR count). The molecule has 0 heterocycles. The Morgan fingerprint density at radius 3 is 2.44 bits per heavy atom. The molecule has 1 amide bonds. The molecule has 18 heavy (non-hydrogen) atoms. The highest BCUT2D eigenvalue weighted by atomic mass is 79.9. The molecule has 0 aliphatic rings. The van der Waals surface area contributed by atoms with Crippen LogP contribution in [0.1, 0.15) is 19.8 Å². The van der Waals surface area contributed by atoms with Crippen LogP contribution in [0.5, 0.6) is 0 Å². The van der Waals surface area contributed by atoms with E-state index in [0.717, 1.165) is 21.8 Å². The van der Waals surface area contributed by atoms with Gasteiger partial charge in [-0.3, -0.25) is 4.79 Å². The topological polar surface area (TPSA) is 55.1 Å². The van der Waals surface area contributed by atoms with Crippen molar-refractivity contribution >= 4 is 55.1 Å². The van der Waals surface area contributed by atoms with Gasteiger partial charge in [0.05, 0.1) is 11.6 Å². The first-order valence-electron chi connectivity index (χ1n) is 5.65. The van der Waals surface area contributed by atoms with Crippen molar-refractivity contribution in [2.45, 2.75) is 19.8 Å². The van der Waals surface area contributed by atoms with Crippen LogP contribution in [0.15, 0.2) is 21.1 Å². The van der Waals surface area contributed by atoms with Gasteiger partial charge in [-0.15, -0.1) is 0 Å². The zero-order valence-corrected chi connectivity index (χ0v) is 13.9. The van der Waals surface area contributed by atoms with E-state index >= 15 is 0 Å². The minimum Gasteiger partial charge on any atom is -0.330 e. The lowest BCUT2D eigenvalue weighted by Crippen LogP contribution is -2.29. The molecule has 100 valence electrons. The van der Waals surface area contributed by atoms with Crippen LogP contribution in [-0.2, 0) is 4.79 Å². The lowest BCUT2D eigenvalue weighted by atomic mass is 10.0. The van der Waals surface area contributed by atoms with Crippen LogP contribution in [0.25, 0.3) is 0 Å². The maximum Gasteiger partial charge on any atom is 0.228 e. The molecule has 0 saturated heterocycles. The maximum atomic E-state index is 12.1. The van der Waals surface area contributed by atoms with Crippen molar-refractivity contribution in [3.05, 3.63) is 26.1 Å². The zero-order valence-electron chi connectivity index (χ0n) is 9.97. The van der Waals surface area contributed by atoms with E-state index in [1.807, 2.05) is 6.92 Å². The summed E-state index contributed by atoms with van der Waals surface area (Å²) < 4.78 is 1.48. The Kier molecular flexibility index (Phi) is 6.63. The first kappa shape index (κ1) is 16.0. The third-order valence-electron chi connectivity index (χ3n) is 2.55. The minimum absolute atomic E-state index is 0.0666. The Labute approximate surface area is 129 Å². The molecule has 0 radical (unpaired) electrons. The molecule has 0 fully saturated rings. The Hall–Kier alpha value is -0.100. The number of halogens is 3. The lowest BCUT2D eigenvalue weighted by Gasteiger charge is -2.16. The second-order valence-corrected chi connectivity index (χ2v) is 6.10. The molecule has 0 aliphatic carbocycles. The van der Waals surface area contributed by atoms with E-state index in [0.29, 0.717) is 17.3 Å². The van der Waals surface area contributed by atoms with E-state index in [2.05, 4.69) is 37.2 Å². The van der Waals surface area contributed by atoms with Gasteiger partial charge in [-0.05, 0) is 50.4 Å². The van der Waals surface area contributed by atoms with Gasteiger partial charge in [0.15, 0.2) is 0 Å². The van der Waals surface area contributed by atoms with Crippen molar-refractivity contribution in [2.24, 2.45) is 11.7 Å². The first-order valence-corrected chi connectivity index (χ1v) is 7.61. The van der Waals surface area contributed by atoms with Crippen LogP contribution in [-0.4, -0.2) is 12.5 Å². The molecule has 1 aromatic rings. The van der Waals surface area contributed by atoms with Gasteiger partial charge < -0.3 is 11.1 Å². The Balaban J connectivity index is 2.87. The molecule has 1 unspecified atom stereocenters. The smallest absolute Gasteiger partial charge is 0.228 e. The summed E-state index contributed by atoms with van der Waals surface area (Å²) in [4.78, 5) is 12.1. The number of hydrogen-bond acceptors (Lipinski definition) is 2. The van der Waals surface area contributed by atoms with Crippen molar-refractivity contribution in [1.82, 2.24) is 0 Å². The van der Waals surface area contributed by atoms with Gasteiger partial charge in [0.2, 0.25) is 5.91 Å². The number of benzene rings is 1. The van der Waals surface area contributed by atoms with Crippen molar-refractivity contribution in [2.75, 3.05) is 11.9 Å². The molecule has 0 aromatic heterocycles. The summed E-state index contributed by atoms with van der Waals surface area (Å²) >= 11 is 12.7. The summed E-state index contributed by atoms with van der Waals surface area (Å²) in [7, 11) is 0. The SMILES string of the molecule is CCCC(CN)C(=O)Nc1c(Br)cc(Cl)cc1Br. The predicted molar refractivity (Wildman–Crippen MR) is 82.9 cm³/mol. The number of nitrogens with one attached hydrogen (secondary N) is 1. The van der Waals surface area contributed by atoms with E-state index in [1.165, 1.54) is 0 Å². The van der Waals surface area contributed by atoms with Gasteiger partial charge in [0, 0.05) is 20.5 Å². The molecule has 1 aromatic carbocycles. The molecule has 0 bridgehead atoms. The van der Waals surface area contributed by atoms with Gasteiger partial charge in [0.1, 0.15) is 0 Å². The van der Waals surface area contributed by atoms with Crippen molar-refractivity contribution < 1.29 is 4.79 Å². The lowest BCUT2D eigenvalue weighted by molar-refractivity contribution is -0.119. The van der Waals surface area contributed by atoms with Crippen LogP contribution in [0, 0.1) is 5.92 Å². The second kappa shape index (κ2) is 7.48. The third-order valence-corrected chi connectivity index (χ3v) is 4.02. The van der Waals surface area contributed by atoms with E-state index in [4.69, 9.17) is 17.3 Å². The van der Waals surface area contributed by atoms with Crippen molar-refractivity contribution in [3.8, 4) is 0 Å². The average Bonchev–Trinajstić information content (AvgIpc) is 2.30. The largest absolute Gasteiger partial charge is 0.330 e. The fourth-order valence-electron chi connectivity index (χ4n) is 1.59. The molecule has 3 N–H and O–H groups in total. The number of carbonyl (C=O) groups is 1. The summed E-state index contributed by atoms with van der Waals surface area (Å²) in [6, 6.07) is 3.47. The second-order valence-electron chi connectivity index (χ2n) is 3.95. The number of anilines is 1. The molecule has 6 heteroatoms. The van der Waals surface area contributed by atoms with Crippen LogP contribution in [0.4, 0.5) is 5.69 Å². The van der Waals surface area contributed by atoms with Crippen molar-refractivity contribution in [3.63, 3.8) is 0 Å². The Morgan fingerprint density at radius 2 is 2.00 bits per heavy atom. The highest BCUT2D eigenvalue weighted by Crippen LogP contribution is 2.34. The van der Waals surface area contributed by atoms with Crippen molar-refractivity contribution in [1.29, 1.82) is 0 Å². The summed E-state index contributed by atoms with van der Waals surface area (Å²) in [5.74, 6) is -0.229. The zero-order chi connectivity index (χ0) is 13.7. The number of carbonyl (C=O) groups excluding carboxylic acids is 1. The Bertz CT molecular complexity index is 417. The molecular formula is C12H15Br2ClN2O. The highest BCUT2D eigenvalue weighted by molar-refractivity contribution is 9.11. The van der Waals surface area contributed by atoms with Crippen LogP contribution >= 0.6 is 43.5 Å². The number of nitrogens with two attached hydrogens (primary N) is 1. The molecule has 0 saturated carbocycles. The summed E-state index contributed by atoms with van der Waals surface area (Å²) in [6.45, 7) is 2.38. The van der Waals surface area contributed by atoms with E-state index in [9.17, 15) is 4.79 Å². The van der Waals surface area contributed by atoms with Crippen LogP contribution in [0.3, 0.4) is 0 Å². The van der Waals surface area contributed by atoms with Gasteiger partial charge in [-0.25, -0.2) is 0 Å². The van der Waals surface area contributed by atoms with Crippen LogP contribution < -0.4 is 11.1 Å². The molecule has 0 aliphatic heterocycles. The van der Waals surface area contributed by atoms with Gasteiger partial charge >= 0.3 is 0 Å². The summed E-state index contributed by atoms with van der Waals surface area (Å²) in [6.07, 6.45) is 1.71. The molecule has 0 spiro atoms. The fourth-order valence-corrected chi connectivity index (χ4v) is 3.46. The molecule has 3 nitrogen and oxygen atoms in total. The average molecular weight is 399 g/mol. The predicted octanol–water partition coefficient (Wildman–Crippen LogP) is 4.18. The van der Waals surface area contributed by atoms with E-state index in [1.54, 1.807) is 12.1 Å². The van der Waals surface area contributed by atoms with Crippen LogP contribution in [0.2, 0.25) is 5.02 Å². The quantitative estimate of drug-likeness (QED) is 0.782. The highest BCUT2D eigenvalue weighted by Gasteiger charge is 2.18. The maximum absolute atomic E-state index is 12.1. The monoisotopic (exact) mass is 396 g/mol. The normalized spacial score (nSPS) is 12.3. The molecular weight excluding hydrogens is 383 g/mol. The number of hydrogen-bond donors (Lipinski definition) is 2.